The maximum Gasteiger partial charge on any atom is 0.320 e. The highest BCUT2D eigenvalue weighted by atomic mass is 31.2. The summed E-state index contributed by atoms with van der Waals surface area (Å²) < 4.78 is 44.2. The molecule has 1 aliphatic rings. The van der Waals surface area contributed by atoms with Crippen molar-refractivity contribution >= 4 is 42.4 Å². The summed E-state index contributed by atoms with van der Waals surface area (Å²) in [5.74, 6) is 0.0804. The average molecular weight is 609 g/mol. The molecule has 5 N–H and O–H groups in total. The molecule has 0 amide bonds. The number of aromatic amines is 1. The van der Waals surface area contributed by atoms with E-state index in [1.54, 1.807) is 13.8 Å². The lowest BCUT2D eigenvalue weighted by Crippen LogP contribution is -2.26. The highest BCUT2D eigenvalue weighted by Crippen LogP contribution is 2.40. The Labute approximate surface area is 239 Å². The van der Waals surface area contributed by atoms with Crippen molar-refractivity contribution in [3.8, 4) is 5.75 Å². The molecule has 0 aliphatic carbocycles. The second-order valence-corrected chi connectivity index (χ2v) is 10.6. The molecular weight excluding hydrogens is 577 g/mol. The van der Waals surface area contributed by atoms with Crippen molar-refractivity contribution in [3.63, 3.8) is 0 Å². The van der Waals surface area contributed by atoms with E-state index in [1.807, 2.05) is 42.5 Å². The van der Waals surface area contributed by atoms with Gasteiger partial charge in [0.2, 0.25) is 12.9 Å². The minimum Gasteiger partial charge on any atom is -0.462 e. The quantitative estimate of drug-likeness (QED) is 0.154. The van der Waals surface area contributed by atoms with Crippen LogP contribution in [0.4, 0.5) is 14.7 Å². The summed E-state index contributed by atoms with van der Waals surface area (Å²) in [6.45, 7) is 1.73. The number of nitrogens with one attached hydrogen (secondary N) is 2. The minimum atomic E-state index is -1.80. The van der Waals surface area contributed by atoms with Crippen molar-refractivity contribution in [2.24, 2.45) is 0 Å². The van der Waals surface area contributed by atoms with Gasteiger partial charge >= 0.3 is 14.5 Å². The van der Waals surface area contributed by atoms with Crippen molar-refractivity contribution in [1.82, 2.24) is 24.6 Å². The van der Waals surface area contributed by atoms with Gasteiger partial charge in [0, 0.05) is 11.8 Å². The maximum absolute atomic E-state index is 12.2. The first-order chi connectivity index (χ1) is 20.2. The van der Waals surface area contributed by atoms with Gasteiger partial charge in [-0.25, -0.2) is 18.9 Å². The van der Waals surface area contributed by atoms with E-state index in [4.69, 9.17) is 24.3 Å². The van der Waals surface area contributed by atoms with Gasteiger partial charge in [-0.2, -0.15) is 4.98 Å². The number of halogens is 2. The van der Waals surface area contributed by atoms with E-state index in [-0.39, 0.29) is 42.8 Å². The summed E-state index contributed by atoms with van der Waals surface area (Å²) in [5.41, 5.74) is 5.49. The normalized spacial score (nSPS) is 19.0. The van der Waals surface area contributed by atoms with Gasteiger partial charge in [-0.3, -0.25) is 19.1 Å². The monoisotopic (exact) mass is 608 g/mol. The second kappa shape index (κ2) is 14.4. The number of esters is 1. The van der Waals surface area contributed by atoms with E-state index in [9.17, 15) is 23.5 Å². The molecule has 2 aromatic heterocycles. The van der Waals surface area contributed by atoms with Crippen LogP contribution in [-0.4, -0.2) is 69.0 Å². The topological polar surface area (TPSA) is 176 Å². The number of imidazole rings is 1. The largest absolute Gasteiger partial charge is 0.462 e. The van der Waals surface area contributed by atoms with Gasteiger partial charge in [-0.1, -0.05) is 36.4 Å². The fourth-order valence-corrected chi connectivity index (χ4v) is 5.38. The Morgan fingerprint density at radius 3 is 2.79 bits per heavy atom. The van der Waals surface area contributed by atoms with Crippen LogP contribution < -0.4 is 20.9 Å². The molecule has 3 heterocycles. The molecule has 0 spiro atoms. The summed E-state index contributed by atoms with van der Waals surface area (Å²) >= 11 is 0. The third-order valence-corrected chi connectivity index (χ3v) is 7.08. The number of ether oxygens (including phenoxy) is 2. The average Bonchev–Trinajstić information content (AvgIpc) is 3.53. The SMILES string of the molecule is CC(C)OC(=O)CNP(OCC1CC(O)C(n2cnc3c(=O)[nH]c(N)nc32)O1)Oc1cccc2ccccc12.FCF. The number of aliphatic hydroxyl groups excluding tert-OH is 1. The van der Waals surface area contributed by atoms with Gasteiger partial charge in [0.15, 0.2) is 17.4 Å². The van der Waals surface area contributed by atoms with E-state index in [1.165, 1.54) is 10.9 Å². The van der Waals surface area contributed by atoms with Crippen LogP contribution in [0.2, 0.25) is 0 Å². The number of hydrogen-bond donors (Lipinski definition) is 4. The molecule has 0 saturated carbocycles. The number of fused-ring (bicyclic) bond motifs is 2. The van der Waals surface area contributed by atoms with Crippen molar-refractivity contribution in [3.05, 3.63) is 59.1 Å². The molecule has 16 heteroatoms. The molecule has 0 bridgehead atoms. The van der Waals surface area contributed by atoms with Crippen LogP contribution in [0.1, 0.15) is 26.5 Å². The molecule has 1 fully saturated rings. The molecule has 1 aliphatic heterocycles. The number of hydrogen-bond acceptors (Lipinski definition) is 11. The molecule has 0 radical (unpaired) electrons. The third-order valence-electron chi connectivity index (χ3n) is 5.92. The number of benzene rings is 2. The third kappa shape index (κ3) is 7.75. The van der Waals surface area contributed by atoms with Crippen LogP contribution >= 0.6 is 8.53 Å². The summed E-state index contributed by atoms with van der Waals surface area (Å²) in [6, 6.07) is 13.4. The Balaban J connectivity index is 0.00000129. The number of H-pyrrole nitrogens is 1. The highest BCUT2D eigenvalue weighted by molar-refractivity contribution is 7.45. The van der Waals surface area contributed by atoms with Crippen LogP contribution in [0.3, 0.4) is 0 Å². The van der Waals surface area contributed by atoms with Crippen molar-refractivity contribution in [2.75, 3.05) is 25.8 Å². The first kappa shape index (κ1) is 31.2. The van der Waals surface area contributed by atoms with Gasteiger partial charge in [0.25, 0.3) is 5.56 Å². The highest BCUT2D eigenvalue weighted by Gasteiger charge is 2.37. The molecular formula is C26H31F2N6O7P. The van der Waals surface area contributed by atoms with E-state index in [0.29, 0.717) is 5.75 Å². The van der Waals surface area contributed by atoms with Gasteiger partial charge in [0.05, 0.1) is 25.1 Å². The zero-order valence-corrected chi connectivity index (χ0v) is 23.7. The second-order valence-electron chi connectivity index (χ2n) is 9.32. The number of alkyl halides is 2. The van der Waals surface area contributed by atoms with E-state index in [0.717, 1.165) is 10.8 Å². The molecule has 4 aromatic rings. The number of anilines is 1. The number of nitrogens with zero attached hydrogens (tertiary/aromatic N) is 3. The Kier molecular flexibility index (Phi) is 10.7. The van der Waals surface area contributed by atoms with Crippen LogP contribution in [0.15, 0.2) is 53.6 Å². The predicted octanol–water partition coefficient (Wildman–Crippen LogP) is 3.25. The number of aromatic nitrogens is 4. The predicted molar refractivity (Wildman–Crippen MR) is 151 cm³/mol. The van der Waals surface area contributed by atoms with Gasteiger partial charge in [0.1, 0.15) is 18.4 Å². The lowest BCUT2D eigenvalue weighted by atomic mass is 10.1. The van der Waals surface area contributed by atoms with Gasteiger partial charge in [-0.15, -0.1) is 0 Å². The van der Waals surface area contributed by atoms with E-state index < -0.39 is 45.4 Å². The number of rotatable bonds is 10. The molecule has 13 nitrogen and oxygen atoms in total. The summed E-state index contributed by atoms with van der Waals surface area (Å²) in [4.78, 5) is 34.9. The number of nitrogens with two attached hydrogens (primary N) is 1. The summed E-state index contributed by atoms with van der Waals surface area (Å²) in [6.07, 6.45) is -0.922. The van der Waals surface area contributed by atoms with Crippen LogP contribution in [0, 0.1) is 0 Å². The number of carbonyl (C=O) groups excluding carboxylic acids is 1. The molecule has 4 unspecified atom stereocenters. The van der Waals surface area contributed by atoms with Gasteiger partial charge < -0.3 is 29.4 Å². The zero-order valence-electron chi connectivity index (χ0n) is 22.8. The van der Waals surface area contributed by atoms with Gasteiger partial charge in [-0.05, 0) is 25.3 Å². The molecule has 5 rings (SSSR count). The summed E-state index contributed by atoms with van der Waals surface area (Å²) in [7, 11) is -1.80. The van der Waals surface area contributed by atoms with Crippen LogP contribution in [0.25, 0.3) is 21.9 Å². The zero-order chi connectivity index (χ0) is 30.2. The summed E-state index contributed by atoms with van der Waals surface area (Å²) in [5, 5.41) is 15.6. The van der Waals surface area contributed by atoms with Crippen molar-refractivity contribution in [2.45, 2.75) is 44.8 Å². The number of aliphatic hydroxyl groups is 1. The first-order valence-electron chi connectivity index (χ1n) is 12.9. The number of nitrogen functional groups attached to an aromatic ring is 1. The molecule has 1 saturated heterocycles. The van der Waals surface area contributed by atoms with Crippen molar-refractivity contribution in [1.29, 1.82) is 0 Å². The van der Waals surface area contributed by atoms with Crippen LogP contribution in [0.5, 0.6) is 5.75 Å². The number of carbonyl (C=O) groups is 1. The smallest absolute Gasteiger partial charge is 0.320 e. The van der Waals surface area contributed by atoms with E-state index in [2.05, 4.69) is 20.0 Å². The van der Waals surface area contributed by atoms with Crippen molar-refractivity contribution < 1.29 is 37.2 Å². The lowest BCUT2D eigenvalue weighted by molar-refractivity contribution is -0.145. The molecule has 2 aromatic carbocycles. The Hall–Kier alpha value is -3.75. The lowest BCUT2D eigenvalue weighted by Gasteiger charge is -2.21. The molecule has 4 atom stereocenters. The Bertz CT molecular complexity index is 1550. The first-order valence-corrected chi connectivity index (χ1v) is 14.1. The maximum atomic E-state index is 12.2. The molecule has 42 heavy (non-hydrogen) atoms. The fraction of sp³-hybridized carbons (Fsp3) is 0.385. The minimum absolute atomic E-state index is 0.0546. The Morgan fingerprint density at radius 2 is 2.02 bits per heavy atom. The van der Waals surface area contributed by atoms with Crippen LogP contribution in [-0.2, 0) is 18.8 Å². The fourth-order valence-electron chi connectivity index (χ4n) is 4.27. The standard InChI is InChI=1S/C25H29N6O7P.CH2F2/c1-14(2)36-20(33)11-28-39(38-19-9-5-7-15-6-3-4-8-17(15)19)35-12-16-10-18(32)24(37-16)31-13-27-21-22(31)29-25(26)30-23(21)34;2-1-3/h3-9,13-14,16,18,24,28,32H,10-12H2,1-2H3,(H3,26,29,30,34);1H2. The molecule has 226 valence electrons. The van der Waals surface area contributed by atoms with E-state index >= 15 is 0 Å². The Morgan fingerprint density at radius 1 is 1.29 bits per heavy atom.